The molecule has 1 fully saturated rings. The van der Waals surface area contributed by atoms with Gasteiger partial charge < -0.3 is 23.8 Å². The summed E-state index contributed by atoms with van der Waals surface area (Å²) in [4.78, 5) is 32.0. The molecule has 0 saturated carbocycles. The van der Waals surface area contributed by atoms with Gasteiger partial charge in [-0.05, 0) is 38.1 Å². The number of ether oxygens (including phenoxy) is 1. The maximum atomic E-state index is 13.0. The molecular formula is C32H42Cl4N5O6P. The molecule has 3 aliphatic rings. The molecule has 11 nitrogen and oxygen atoms in total. The number of fused-ring (bicyclic) bond motifs is 5. The number of aromatic nitrogens is 2. The van der Waals surface area contributed by atoms with Crippen molar-refractivity contribution in [3.63, 3.8) is 0 Å². The fraction of sp³-hybridized carbons (Fsp3) is 0.531. The average molecular weight is 766 g/mol. The summed E-state index contributed by atoms with van der Waals surface area (Å²) >= 11 is 22.1. The fourth-order valence-corrected chi connectivity index (χ4v) is 8.82. The Labute approximate surface area is 300 Å². The maximum absolute atomic E-state index is 13.0. The van der Waals surface area contributed by atoms with Gasteiger partial charge in [-0.2, -0.15) is 0 Å². The van der Waals surface area contributed by atoms with Crippen molar-refractivity contribution in [2.75, 3.05) is 69.9 Å². The standard InChI is InChI=1S/C20H16N2O4.C7H15Cl2N2O2P.C5H11Cl2N/c1-2-20(25)14-8-16-17-12(7-11-5-3-4-6-15(11)21-17)9-22(16)18(23)13(14)10-26-19(20)24;8-2-5-11(6-3-9)14(12)10-4-1-7-13-14;1-8(4-2-6)5-3-7/h3-8,25H,2,9-10H2,1H3;1-7H2,(H,10,12);2-5H2,1H3/t20-;;/m0../s1. The quantitative estimate of drug-likeness (QED) is 0.124. The molecule has 0 amide bonds. The minimum Gasteiger partial charge on any atom is -0.458 e. The second kappa shape index (κ2) is 17.9. The zero-order valence-corrected chi connectivity index (χ0v) is 31.0. The van der Waals surface area contributed by atoms with E-state index in [1.165, 1.54) is 0 Å². The van der Waals surface area contributed by atoms with Gasteiger partial charge >= 0.3 is 13.6 Å². The lowest BCUT2D eigenvalue weighted by molar-refractivity contribution is -0.172. The number of cyclic esters (lactones) is 1. The SMILES string of the molecule is CC[C@@]1(O)C(=O)OCc2c1cc1n(c2=O)Cc2cc3ccccc3nc2-1.CN(CCCl)CCCl.O=P1(N(CCCl)CCCl)NCCCO1. The molecule has 3 aliphatic heterocycles. The number of halogens is 4. The first-order chi connectivity index (χ1) is 23.1. The first-order valence-electron chi connectivity index (χ1n) is 15.8. The number of hydrogen-bond acceptors (Lipinski definition) is 8. The zero-order valence-electron chi connectivity index (χ0n) is 27.1. The van der Waals surface area contributed by atoms with E-state index >= 15 is 0 Å². The molecule has 3 aromatic rings. The van der Waals surface area contributed by atoms with Crippen molar-refractivity contribution in [2.24, 2.45) is 0 Å². The molecule has 264 valence electrons. The van der Waals surface area contributed by atoms with Crippen molar-refractivity contribution in [3.05, 3.63) is 63.4 Å². The molecule has 2 aromatic heterocycles. The number of rotatable bonds is 10. The largest absolute Gasteiger partial charge is 0.458 e. The van der Waals surface area contributed by atoms with Gasteiger partial charge in [0.1, 0.15) is 6.61 Å². The van der Waals surface area contributed by atoms with Gasteiger partial charge in [0.2, 0.25) is 0 Å². The number of carbonyl (C=O) groups excluding carboxylic acids is 1. The molecule has 1 unspecified atom stereocenters. The highest BCUT2D eigenvalue weighted by atomic mass is 35.5. The van der Waals surface area contributed by atoms with E-state index in [0.29, 0.717) is 66.6 Å². The fourth-order valence-electron chi connectivity index (χ4n) is 5.60. The minimum atomic E-state index is -2.84. The predicted molar refractivity (Wildman–Crippen MR) is 193 cm³/mol. The van der Waals surface area contributed by atoms with E-state index in [2.05, 4.69) is 9.99 Å². The van der Waals surface area contributed by atoms with Crippen LogP contribution in [0.4, 0.5) is 0 Å². The van der Waals surface area contributed by atoms with E-state index in [1.807, 2.05) is 37.4 Å². The Balaban J connectivity index is 0.000000199. The van der Waals surface area contributed by atoms with E-state index in [0.717, 1.165) is 48.2 Å². The second-order valence-corrected chi connectivity index (χ2v) is 15.1. The van der Waals surface area contributed by atoms with Crippen LogP contribution >= 0.6 is 54.1 Å². The lowest BCUT2D eigenvalue weighted by Crippen LogP contribution is -2.44. The average Bonchev–Trinajstić information content (AvgIpc) is 3.44. The van der Waals surface area contributed by atoms with Crippen LogP contribution in [0.25, 0.3) is 22.3 Å². The van der Waals surface area contributed by atoms with Crippen LogP contribution in [0.2, 0.25) is 0 Å². The molecule has 2 atom stereocenters. The van der Waals surface area contributed by atoms with E-state index in [4.69, 9.17) is 60.6 Å². The van der Waals surface area contributed by atoms with Crippen LogP contribution in [0, 0.1) is 0 Å². The summed E-state index contributed by atoms with van der Waals surface area (Å²) in [6, 6.07) is 11.6. The van der Waals surface area contributed by atoms with E-state index < -0.39 is 19.2 Å². The Kier molecular flexibility index (Phi) is 14.6. The number of alkyl halides is 4. The predicted octanol–water partition coefficient (Wildman–Crippen LogP) is 5.36. The number of nitrogens with zero attached hydrogens (tertiary/aromatic N) is 4. The van der Waals surface area contributed by atoms with Crippen LogP contribution < -0.4 is 10.6 Å². The van der Waals surface area contributed by atoms with Crippen molar-refractivity contribution >= 4 is 70.9 Å². The van der Waals surface area contributed by atoms with Crippen LogP contribution in [0.3, 0.4) is 0 Å². The highest BCUT2D eigenvalue weighted by molar-refractivity contribution is 7.54. The van der Waals surface area contributed by atoms with Crippen LogP contribution in [0.15, 0.2) is 41.2 Å². The number of benzene rings is 1. The summed E-state index contributed by atoms with van der Waals surface area (Å²) in [6.45, 7) is 6.17. The Bertz CT molecular complexity index is 1660. The highest BCUT2D eigenvalue weighted by Gasteiger charge is 2.45. The number of nitrogens with one attached hydrogen (secondary N) is 1. The molecular weight excluding hydrogens is 723 g/mol. The Morgan fingerprint density at radius 1 is 1.04 bits per heavy atom. The summed E-state index contributed by atoms with van der Waals surface area (Å²) in [5.41, 5.74) is 1.81. The lowest BCUT2D eigenvalue weighted by atomic mass is 9.86. The highest BCUT2D eigenvalue weighted by Crippen LogP contribution is 2.48. The van der Waals surface area contributed by atoms with Gasteiger partial charge in [-0.15, -0.1) is 46.4 Å². The van der Waals surface area contributed by atoms with Crippen molar-refractivity contribution in [3.8, 4) is 11.4 Å². The van der Waals surface area contributed by atoms with Gasteiger partial charge in [0.15, 0.2) is 5.60 Å². The Morgan fingerprint density at radius 3 is 2.31 bits per heavy atom. The number of pyridine rings is 2. The van der Waals surface area contributed by atoms with E-state index in [-0.39, 0.29) is 18.6 Å². The van der Waals surface area contributed by atoms with Gasteiger partial charge in [0.05, 0.1) is 35.6 Å². The number of aliphatic hydroxyl groups is 1. The van der Waals surface area contributed by atoms with Crippen molar-refractivity contribution in [1.29, 1.82) is 0 Å². The van der Waals surface area contributed by atoms with Gasteiger partial charge in [-0.3, -0.25) is 9.36 Å². The maximum Gasteiger partial charge on any atom is 0.343 e. The summed E-state index contributed by atoms with van der Waals surface area (Å²) in [5, 5.41) is 14.8. The summed E-state index contributed by atoms with van der Waals surface area (Å²) in [5.74, 6) is 1.51. The lowest BCUT2D eigenvalue weighted by Gasteiger charge is -2.33. The van der Waals surface area contributed by atoms with Crippen LogP contribution in [0.1, 0.15) is 36.5 Å². The van der Waals surface area contributed by atoms with Crippen LogP contribution in [-0.4, -0.2) is 100 Å². The van der Waals surface area contributed by atoms with Crippen molar-refractivity contribution in [1.82, 2.24) is 24.2 Å². The summed E-state index contributed by atoms with van der Waals surface area (Å²) in [7, 11) is -0.837. The molecule has 16 heteroatoms. The molecule has 1 saturated heterocycles. The molecule has 1 aromatic carbocycles. The topological polar surface area (TPSA) is 126 Å². The zero-order chi connectivity index (χ0) is 34.9. The Morgan fingerprint density at radius 2 is 1.71 bits per heavy atom. The van der Waals surface area contributed by atoms with Gasteiger partial charge in [0, 0.05) is 72.8 Å². The van der Waals surface area contributed by atoms with Gasteiger partial charge in [-0.1, -0.05) is 25.1 Å². The first-order valence-corrected chi connectivity index (χ1v) is 19.5. The molecule has 0 spiro atoms. The van der Waals surface area contributed by atoms with Crippen molar-refractivity contribution < 1.29 is 23.7 Å². The normalized spacial score (nSPS) is 21.1. The summed E-state index contributed by atoms with van der Waals surface area (Å²) < 4.78 is 25.9. The number of esters is 1. The number of carbonyl (C=O) groups is 1. The summed E-state index contributed by atoms with van der Waals surface area (Å²) in [6.07, 6.45) is 1.03. The third-order valence-corrected chi connectivity index (χ3v) is 11.3. The third kappa shape index (κ3) is 8.75. The van der Waals surface area contributed by atoms with Gasteiger partial charge in [-0.25, -0.2) is 19.5 Å². The molecule has 6 rings (SSSR count). The van der Waals surface area contributed by atoms with Gasteiger partial charge in [0.25, 0.3) is 5.56 Å². The number of para-hydroxylation sites is 1. The molecule has 0 aliphatic carbocycles. The van der Waals surface area contributed by atoms with E-state index in [9.17, 15) is 19.3 Å². The smallest absolute Gasteiger partial charge is 0.343 e. The molecule has 2 N–H and O–H groups in total. The monoisotopic (exact) mass is 763 g/mol. The molecule has 5 heterocycles. The molecule has 48 heavy (non-hydrogen) atoms. The van der Waals surface area contributed by atoms with Crippen LogP contribution in [0.5, 0.6) is 0 Å². The number of hydrogen-bond donors (Lipinski definition) is 2. The second-order valence-electron chi connectivity index (χ2n) is 11.4. The first kappa shape index (κ1) is 39.0. The molecule has 0 bridgehead atoms. The molecule has 0 radical (unpaired) electrons. The van der Waals surface area contributed by atoms with Crippen molar-refractivity contribution in [2.45, 2.75) is 38.5 Å². The van der Waals surface area contributed by atoms with Crippen LogP contribution in [-0.2, 0) is 37.4 Å². The Hall–Kier alpha value is -1.76. The van der Waals surface area contributed by atoms with E-state index in [1.54, 1.807) is 22.2 Å². The third-order valence-electron chi connectivity index (χ3n) is 8.31. The minimum absolute atomic E-state index is 0.110.